The molecule has 3 heterocycles. The van der Waals surface area contributed by atoms with Gasteiger partial charge in [-0.2, -0.15) is 5.26 Å². The van der Waals surface area contributed by atoms with Crippen LogP contribution in [0.5, 0.6) is 5.75 Å². The lowest BCUT2D eigenvalue weighted by atomic mass is 10.0. The maximum atomic E-state index is 13.0. The van der Waals surface area contributed by atoms with E-state index in [0.717, 1.165) is 36.0 Å². The SMILES string of the molecule is COc1ccncc1/C=C(\C#N)c1cn(C(=O)OCCN2CCN(C)CC2)c2ccc(Br)cc12. The fraction of sp³-hybridized carbons (Fsp3) is 0.320. The van der Waals surface area contributed by atoms with E-state index in [1.807, 2.05) is 18.2 Å². The Labute approximate surface area is 207 Å². The Bertz CT molecular complexity index is 1260. The summed E-state index contributed by atoms with van der Waals surface area (Å²) in [6.45, 7) is 4.96. The molecule has 1 aliphatic rings. The lowest BCUT2D eigenvalue weighted by molar-refractivity contribution is 0.105. The fourth-order valence-corrected chi connectivity index (χ4v) is 4.35. The highest BCUT2D eigenvalue weighted by Crippen LogP contribution is 2.32. The molecule has 0 N–H and O–H groups in total. The predicted octanol–water partition coefficient (Wildman–Crippen LogP) is 4.10. The fourth-order valence-electron chi connectivity index (χ4n) is 3.98. The van der Waals surface area contributed by atoms with Crippen LogP contribution in [-0.4, -0.2) is 78.9 Å². The van der Waals surface area contributed by atoms with Gasteiger partial charge in [0.2, 0.25) is 0 Å². The Kier molecular flexibility index (Phi) is 7.63. The van der Waals surface area contributed by atoms with Gasteiger partial charge in [-0.1, -0.05) is 15.9 Å². The van der Waals surface area contributed by atoms with Crippen molar-refractivity contribution in [1.82, 2.24) is 19.4 Å². The van der Waals surface area contributed by atoms with Crippen molar-refractivity contribution in [3.8, 4) is 11.8 Å². The summed E-state index contributed by atoms with van der Waals surface area (Å²) in [7, 11) is 3.68. The van der Waals surface area contributed by atoms with Crippen LogP contribution in [0.1, 0.15) is 11.1 Å². The predicted molar refractivity (Wildman–Crippen MR) is 135 cm³/mol. The summed E-state index contributed by atoms with van der Waals surface area (Å²) in [6, 6.07) is 9.58. The number of carbonyl (C=O) groups excluding carboxylic acids is 1. The van der Waals surface area contributed by atoms with Crippen LogP contribution in [0.15, 0.2) is 47.3 Å². The van der Waals surface area contributed by atoms with Crippen molar-refractivity contribution in [1.29, 1.82) is 5.26 Å². The van der Waals surface area contributed by atoms with E-state index >= 15 is 0 Å². The van der Waals surface area contributed by atoms with Gasteiger partial charge >= 0.3 is 6.09 Å². The highest BCUT2D eigenvalue weighted by Gasteiger charge is 2.19. The number of hydrogen-bond donors (Lipinski definition) is 0. The van der Waals surface area contributed by atoms with Gasteiger partial charge in [-0.25, -0.2) is 4.79 Å². The molecule has 8 nitrogen and oxygen atoms in total. The maximum Gasteiger partial charge on any atom is 0.418 e. The van der Waals surface area contributed by atoms with Gasteiger partial charge in [-0.3, -0.25) is 14.5 Å². The number of benzene rings is 1. The lowest BCUT2D eigenvalue weighted by Gasteiger charge is -2.32. The molecule has 0 unspecified atom stereocenters. The van der Waals surface area contributed by atoms with Crippen LogP contribution in [0.2, 0.25) is 0 Å². The van der Waals surface area contributed by atoms with Crippen LogP contribution in [-0.2, 0) is 4.74 Å². The Hall–Kier alpha value is -3.19. The van der Waals surface area contributed by atoms with E-state index in [9.17, 15) is 10.1 Å². The number of ether oxygens (including phenoxy) is 2. The number of pyridine rings is 1. The molecule has 0 spiro atoms. The molecule has 9 heteroatoms. The summed E-state index contributed by atoms with van der Waals surface area (Å²) >= 11 is 3.50. The first kappa shape index (κ1) is 24.0. The van der Waals surface area contributed by atoms with E-state index in [1.54, 1.807) is 37.8 Å². The molecule has 1 fully saturated rings. The van der Waals surface area contributed by atoms with E-state index in [0.29, 0.717) is 41.1 Å². The molecule has 2 aromatic heterocycles. The number of methoxy groups -OCH3 is 1. The summed E-state index contributed by atoms with van der Waals surface area (Å²) in [5, 5.41) is 10.7. The molecule has 0 saturated carbocycles. The number of hydrogen-bond acceptors (Lipinski definition) is 7. The van der Waals surface area contributed by atoms with Crippen molar-refractivity contribution in [2.75, 3.05) is 53.5 Å². The molecule has 176 valence electrons. The molecule has 34 heavy (non-hydrogen) atoms. The number of halogens is 1. The van der Waals surface area contributed by atoms with Gasteiger partial charge in [-0.05, 0) is 37.4 Å². The van der Waals surface area contributed by atoms with Crippen molar-refractivity contribution in [2.24, 2.45) is 0 Å². The molecule has 0 bridgehead atoms. The average Bonchev–Trinajstić information content (AvgIpc) is 3.22. The zero-order valence-electron chi connectivity index (χ0n) is 19.2. The van der Waals surface area contributed by atoms with Gasteiger partial charge in [0.05, 0.1) is 24.3 Å². The normalized spacial score (nSPS) is 15.3. The third kappa shape index (κ3) is 5.30. The third-order valence-electron chi connectivity index (χ3n) is 5.93. The minimum absolute atomic E-state index is 0.307. The van der Waals surface area contributed by atoms with Crippen LogP contribution in [0.3, 0.4) is 0 Å². The lowest BCUT2D eigenvalue weighted by Crippen LogP contribution is -2.45. The summed E-state index contributed by atoms with van der Waals surface area (Å²) < 4.78 is 13.3. The zero-order chi connectivity index (χ0) is 24.1. The number of allylic oxidation sites excluding steroid dienone is 1. The Morgan fingerprint density at radius 3 is 2.79 bits per heavy atom. The highest BCUT2D eigenvalue weighted by molar-refractivity contribution is 9.10. The second kappa shape index (κ2) is 10.8. The van der Waals surface area contributed by atoms with Crippen LogP contribution >= 0.6 is 15.9 Å². The molecular formula is C25H26BrN5O3. The Morgan fingerprint density at radius 2 is 2.06 bits per heavy atom. The second-order valence-electron chi connectivity index (χ2n) is 8.12. The smallest absolute Gasteiger partial charge is 0.418 e. The van der Waals surface area contributed by atoms with E-state index in [-0.39, 0.29) is 0 Å². The number of nitrogens with zero attached hydrogens (tertiary/aromatic N) is 5. The minimum atomic E-state index is -0.469. The van der Waals surface area contributed by atoms with Gasteiger partial charge in [-0.15, -0.1) is 0 Å². The zero-order valence-corrected chi connectivity index (χ0v) is 20.8. The third-order valence-corrected chi connectivity index (χ3v) is 6.43. The van der Waals surface area contributed by atoms with Crippen molar-refractivity contribution in [3.05, 3.63) is 58.5 Å². The number of fused-ring (bicyclic) bond motifs is 1. The molecule has 0 atom stereocenters. The topological polar surface area (TPSA) is 83.6 Å². The van der Waals surface area contributed by atoms with Crippen molar-refractivity contribution in [2.45, 2.75) is 0 Å². The van der Waals surface area contributed by atoms with E-state index in [1.165, 1.54) is 4.57 Å². The van der Waals surface area contributed by atoms with Crippen LogP contribution in [0, 0.1) is 11.3 Å². The molecule has 0 aliphatic carbocycles. The first-order chi connectivity index (χ1) is 16.5. The largest absolute Gasteiger partial charge is 0.496 e. The minimum Gasteiger partial charge on any atom is -0.496 e. The van der Waals surface area contributed by atoms with Gasteiger partial charge in [0.25, 0.3) is 0 Å². The summed E-state index contributed by atoms with van der Waals surface area (Å²) in [6.07, 6.45) is 6.17. The van der Waals surface area contributed by atoms with Gasteiger partial charge in [0, 0.05) is 72.3 Å². The van der Waals surface area contributed by atoms with Crippen molar-refractivity contribution in [3.63, 3.8) is 0 Å². The summed E-state index contributed by atoms with van der Waals surface area (Å²) in [5.41, 5.74) is 2.36. The molecule has 1 aromatic carbocycles. The van der Waals surface area contributed by atoms with Gasteiger partial charge in [0.15, 0.2) is 0 Å². The molecule has 0 amide bonds. The summed E-state index contributed by atoms with van der Waals surface area (Å²) in [4.78, 5) is 21.7. The van der Waals surface area contributed by atoms with Crippen LogP contribution in [0.4, 0.5) is 4.79 Å². The monoisotopic (exact) mass is 523 g/mol. The molecule has 3 aromatic rings. The van der Waals surface area contributed by atoms with E-state index < -0.39 is 6.09 Å². The number of aromatic nitrogens is 2. The molecule has 4 rings (SSSR count). The molecule has 1 aliphatic heterocycles. The number of piperazine rings is 1. The second-order valence-corrected chi connectivity index (χ2v) is 9.04. The van der Waals surface area contributed by atoms with Crippen molar-refractivity contribution >= 4 is 44.6 Å². The standard InChI is InChI=1S/C25H26BrN5O3/c1-29-7-9-30(10-8-29)11-12-34-25(32)31-17-22(21-14-20(26)3-4-23(21)31)18(15-27)13-19-16-28-6-5-24(19)33-2/h3-6,13-14,16-17H,7-12H2,1-2H3/b18-13+. The number of nitriles is 1. The number of carbonyl (C=O) groups is 1. The van der Waals surface area contributed by atoms with Gasteiger partial charge in [0.1, 0.15) is 12.4 Å². The Morgan fingerprint density at radius 1 is 1.26 bits per heavy atom. The highest BCUT2D eigenvalue weighted by atomic mass is 79.9. The summed E-state index contributed by atoms with van der Waals surface area (Å²) in [5.74, 6) is 0.607. The van der Waals surface area contributed by atoms with E-state index in [2.05, 4.69) is 43.8 Å². The van der Waals surface area contributed by atoms with Crippen LogP contribution < -0.4 is 4.74 Å². The molecule has 0 radical (unpaired) electrons. The molecular weight excluding hydrogens is 498 g/mol. The quantitative estimate of drug-likeness (QED) is 0.449. The first-order valence-electron chi connectivity index (χ1n) is 11.0. The average molecular weight is 524 g/mol. The molecule has 1 saturated heterocycles. The maximum absolute atomic E-state index is 13.0. The van der Waals surface area contributed by atoms with Crippen molar-refractivity contribution < 1.29 is 14.3 Å². The number of likely N-dealkylation sites (N-methyl/N-ethyl adjacent to an activating group) is 1. The van der Waals surface area contributed by atoms with Crippen LogP contribution in [0.25, 0.3) is 22.6 Å². The number of rotatable bonds is 6. The van der Waals surface area contributed by atoms with Gasteiger partial charge < -0.3 is 14.4 Å². The first-order valence-corrected chi connectivity index (χ1v) is 11.8. The Balaban J connectivity index is 1.61. The van der Waals surface area contributed by atoms with E-state index in [4.69, 9.17) is 9.47 Å².